The maximum atomic E-state index is 10.4. The van der Waals surface area contributed by atoms with Gasteiger partial charge in [0.05, 0.1) is 7.11 Å². The molecule has 2 aromatic carbocycles. The van der Waals surface area contributed by atoms with Gasteiger partial charge in [-0.25, -0.2) is 0 Å². The van der Waals surface area contributed by atoms with E-state index in [-0.39, 0.29) is 6.42 Å². The molecule has 4 heteroatoms. The zero-order chi connectivity index (χ0) is 14.4. The van der Waals surface area contributed by atoms with E-state index in [9.17, 15) is 4.79 Å². The average molecular weight is 273 g/mol. The monoisotopic (exact) mass is 273 g/mol. The number of hydrogen-bond donors (Lipinski definition) is 2. The number of fused-ring (bicyclic) bond motifs is 1. The van der Waals surface area contributed by atoms with Crippen LogP contribution in [0.1, 0.15) is 18.4 Å². The summed E-state index contributed by atoms with van der Waals surface area (Å²) in [4.78, 5) is 10.4. The predicted molar refractivity (Wildman–Crippen MR) is 79.1 cm³/mol. The highest BCUT2D eigenvalue weighted by Crippen LogP contribution is 2.25. The van der Waals surface area contributed by atoms with E-state index in [1.54, 1.807) is 7.11 Å². The molecular weight excluding hydrogens is 254 g/mol. The van der Waals surface area contributed by atoms with Crippen LogP contribution in [0, 0.1) is 0 Å². The molecule has 0 aliphatic heterocycles. The van der Waals surface area contributed by atoms with E-state index in [1.807, 2.05) is 18.2 Å². The molecule has 0 radical (unpaired) electrons. The molecule has 0 unspecified atom stereocenters. The molecule has 0 atom stereocenters. The number of aliphatic carboxylic acids is 1. The number of ether oxygens (including phenoxy) is 1. The van der Waals surface area contributed by atoms with Crippen LogP contribution < -0.4 is 10.1 Å². The first-order chi connectivity index (χ1) is 9.70. The van der Waals surface area contributed by atoms with Gasteiger partial charge < -0.3 is 15.2 Å². The van der Waals surface area contributed by atoms with Gasteiger partial charge in [-0.2, -0.15) is 0 Å². The van der Waals surface area contributed by atoms with Gasteiger partial charge in [-0.05, 0) is 35.9 Å². The normalized spacial score (nSPS) is 10.7. The van der Waals surface area contributed by atoms with Crippen molar-refractivity contribution in [3.63, 3.8) is 0 Å². The van der Waals surface area contributed by atoms with Gasteiger partial charge in [0.15, 0.2) is 0 Å². The Labute approximate surface area is 118 Å². The number of carboxylic acids is 1. The van der Waals surface area contributed by atoms with Gasteiger partial charge in [0.2, 0.25) is 0 Å². The minimum Gasteiger partial charge on any atom is -0.496 e. The summed E-state index contributed by atoms with van der Waals surface area (Å²) in [5.74, 6) is 0.101. The molecule has 0 saturated carbocycles. The largest absolute Gasteiger partial charge is 0.496 e. The molecule has 2 N–H and O–H groups in total. The number of nitrogens with one attached hydrogen (secondary N) is 1. The van der Waals surface area contributed by atoms with Crippen LogP contribution in [-0.4, -0.2) is 24.7 Å². The van der Waals surface area contributed by atoms with Crippen LogP contribution in [-0.2, 0) is 11.3 Å². The second-order valence-electron chi connectivity index (χ2n) is 4.69. The first-order valence-corrected chi connectivity index (χ1v) is 6.69. The van der Waals surface area contributed by atoms with E-state index in [1.165, 1.54) is 5.39 Å². The lowest BCUT2D eigenvalue weighted by Gasteiger charge is -2.11. The Balaban J connectivity index is 2.02. The Kier molecular flexibility index (Phi) is 4.96. The third-order valence-electron chi connectivity index (χ3n) is 3.21. The molecule has 20 heavy (non-hydrogen) atoms. The maximum Gasteiger partial charge on any atom is 0.303 e. The lowest BCUT2D eigenvalue weighted by atomic mass is 10.1. The molecule has 0 fully saturated rings. The lowest BCUT2D eigenvalue weighted by Crippen LogP contribution is -2.16. The van der Waals surface area contributed by atoms with Gasteiger partial charge in [0.1, 0.15) is 5.75 Å². The number of rotatable bonds is 7. The summed E-state index contributed by atoms with van der Waals surface area (Å²) in [5, 5.41) is 14.2. The molecule has 0 spiro atoms. The van der Waals surface area contributed by atoms with Crippen LogP contribution in [0.15, 0.2) is 36.4 Å². The van der Waals surface area contributed by atoms with E-state index >= 15 is 0 Å². The SMILES string of the molecule is COc1cc2ccccc2cc1CNCCCC(=O)O. The van der Waals surface area contributed by atoms with Crippen molar-refractivity contribution in [2.45, 2.75) is 19.4 Å². The number of carboxylic acid groups (broad SMARTS) is 1. The molecule has 4 nitrogen and oxygen atoms in total. The third-order valence-corrected chi connectivity index (χ3v) is 3.21. The Hall–Kier alpha value is -2.07. The second-order valence-corrected chi connectivity index (χ2v) is 4.69. The minimum atomic E-state index is -0.755. The van der Waals surface area contributed by atoms with E-state index in [0.29, 0.717) is 19.5 Å². The van der Waals surface area contributed by atoms with E-state index < -0.39 is 5.97 Å². The maximum absolute atomic E-state index is 10.4. The molecule has 2 aromatic rings. The van der Waals surface area contributed by atoms with Crippen molar-refractivity contribution in [2.24, 2.45) is 0 Å². The highest BCUT2D eigenvalue weighted by molar-refractivity contribution is 5.85. The van der Waals surface area contributed by atoms with Gasteiger partial charge in [0, 0.05) is 18.5 Å². The molecule has 106 valence electrons. The molecule has 0 amide bonds. The van der Waals surface area contributed by atoms with Crippen molar-refractivity contribution in [3.05, 3.63) is 42.0 Å². The number of carbonyl (C=O) groups is 1. The van der Waals surface area contributed by atoms with Gasteiger partial charge in [-0.15, -0.1) is 0 Å². The van der Waals surface area contributed by atoms with E-state index in [2.05, 4.69) is 23.5 Å². The molecular formula is C16H19NO3. The predicted octanol–water partition coefficient (Wildman–Crippen LogP) is 2.80. The zero-order valence-electron chi connectivity index (χ0n) is 11.6. The first kappa shape index (κ1) is 14.3. The second kappa shape index (κ2) is 6.91. The minimum absolute atomic E-state index is 0.196. The summed E-state index contributed by atoms with van der Waals surface area (Å²) < 4.78 is 5.41. The Morgan fingerprint density at radius 3 is 2.60 bits per heavy atom. The van der Waals surface area contributed by atoms with Crippen LogP contribution in [0.5, 0.6) is 5.75 Å². The van der Waals surface area contributed by atoms with Crippen molar-refractivity contribution in [1.82, 2.24) is 5.32 Å². The van der Waals surface area contributed by atoms with Crippen LogP contribution >= 0.6 is 0 Å². The highest BCUT2D eigenvalue weighted by atomic mass is 16.5. The summed E-state index contributed by atoms with van der Waals surface area (Å²) in [6.07, 6.45) is 0.826. The zero-order valence-corrected chi connectivity index (χ0v) is 11.6. The van der Waals surface area contributed by atoms with Crippen LogP contribution in [0.3, 0.4) is 0 Å². The van der Waals surface area contributed by atoms with E-state index in [4.69, 9.17) is 9.84 Å². The fourth-order valence-electron chi connectivity index (χ4n) is 2.18. The standard InChI is InChI=1S/C16H19NO3/c1-20-15-10-13-6-3-2-5-12(13)9-14(15)11-17-8-4-7-16(18)19/h2-3,5-6,9-10,17H,4,7-8,11H2,1H3,(H,18,19). The molecule has 0 aliphatic carbocycles. The average Bonchev–Trinajstić information content (AvgIpc) is 2.45. The number of methoxy groups -OCH3 is 1. The van der Waals surface area contributed by atoms with Gasteiger partial charge in [-0.1, -0.05) is 24.3 Å². The quantitative estimate of drug-likeness (QED) is 0.762. The number of benzene rings is 2. The fraction of sp³-hybridized carbons (Fsp3) is 0.312. The summed E-state index contributed by atoms with van der Waals surface area (Å²) in [7, 11) is 1.66. The van der Waals surface area contributed by atoms with Crippen molar-refractivity contribution < 1.29 is 14.6 Å². The van der Waals surface area contributed by atoms with Crippen LogP contribution in [0.4, 0.5) is 0 Å². The fourth-order valence-corrected chi connectivity index (χ4v) is 2.18. The summed E-state index contributed by atoms with van der Waals surface area (Å²) in [6.45, 7) is 1.36. The molecule has 0 aromatic heterocycles. The Bertz CT molecular complexity index is 595. The van der Waals surface area contributed by atoms with Crippen molar-refractivity contribution in [3.8, 4) is 5.75 Å². The summed E-state index contributed by atoms with van der Waals surface area (Å²) in [5.41, 5.74) is 1.08. The molecule has 0 aliphatic rings. The third kappa shape index (κ3) is 3.71. The molecule has 2 rings (SSSR count). The lowest BCUT2D eigenvalue weighted by molar-refractivity contribution is -0.137. The molecule has 0 saturated heterocycles. The smallest absolute Gasteiger partial charge is 0.303 e. The summed E-state index contributed by atoms with van der Waals surface area (Å²) >= 11 is 0. The van der Waals surface area contributed by atoms with E-state index in [0.717, 1.165) is 16.7 Å². The van der Waals surface area contributed by atoms with Crippen LogP contribution in [0.25, 0.3) is 10.8 Å². The topological polar surface area (TPSA) is 58.6 Å². The number of hydrogen-bond acceptors (Lipinski definition) is 3. The molecule has 0 heterocycles. The van der Waals surface area contributed by atoms with Crippen molar-refractivity contribution in [1.29, 1.82) is 0 Å². The molecule has 0 bridgehead atoms. The summed E-state index contributed by atoms with van der Waals surface area (Å²) in [6, 6.07) is 12.3. The Morgan fingerprint density at radius 2 is 1.95 bits per heavy atom. The van der Waals surface area contributed by atoms with Crippen LogP contribution in [0.2, 0.25) is 0 Å². The Morgan fingerprint density at radius 1 is 1.25 bits per heavy atom. The first-order valence-electron chi connectivity index (χ1n) is 6.69. The van der Waals surface area contributed by atoms with Gasteiger partial charge in [-0.3, -0.25) is 4.79 Å². The van der Waals surface area contributed by atoms with Gasteiger partial charge >= 0.3 is 5.97 Å². The van der Waals surface area contributed by atoms with Crippen molar-refractivity contribution >= 4 is 16.7 Å². The van der Waals surface area contributed by atoms with Crippen molar-refractivity contribution in [2.75, 3.05) is 13.7 Å². The van der Waals surface area contributed by atoms with Gasteiger partial charge in [0.25, 0.3) is 0 Å². The highest BCUT2D eigenvalue weighted by Gasteiger charge is 2.05.